The Kier molecular flexibility index (Phi) is 5.01. The molecule has 0 radical (unpaired) electrons. The molecule has 1 saturated heterocycles. The molecule has 2 heteroatoms. The maximum Gasteiger partial charge on any atom is 0.127 e. The molecule has 0 atom stereocenters. The van der Waals surface area contributed by atoms with Crippen molar-refractivity contribution in [3.05, 3.63) is 35.9 Å². The molecule has 0 amide bonds. The number of piperazine rings is 1. The lowest BCUT2D eigenvalue weighted by atomic mass is 9.81. The molecule has 0 unspecified atom stereocenters. The second kappa shape index (κ2) is 7.36. The molecular formula is C21H34N2+2. The summed E-state index contributed by atoms with van der Waals surface area (Å²) in [6, 6.07) is 13.2. The monoisotopic (exact) mass is 314 g/mol. The van der Waals surface area contributed by atoms with Crippen molar-refractivity contribution in [2.24, 2.45) is 0 Å². The number of nitrogens with one attached hydrogen (secondary N) is 2. The van der Waals surface area contributed by atoms with Crippen LogP contribution in [0.15, 0.2) is 30.3 Å². The molecule has 126 valence electrons. The Morgan fingerprint density at radius 3 is 1.70 bits per heavy atom. The van der Waals surface area contributed by atoms with E-state index in [1.54, 1.807) is 5.56 Å². The lowest BCUT2D eigenvalue weighted by molar-refractivity contribution is -1.03. The van der Waals surface area contributed by atoms with Crippen molar-refractivity contribution in [3.63, 3.8) is 0 Å². The highest BCUT2D eigenvalue weighted by Crippen LogP contribution is 2.31. The zero-order valence-corrected chi connectivity index (χ0v) is 14.6. The summed E-state index contributed by atoms with van der Waals surface area (Å²) in [6.45, 7) is 5.76. The minimum absolute atomic E-state index is 0.831. The second-order valence-corrected chi connectivity index (χ2v) is 8.26. The molecule has 3 fully saturated rings. The van der Waals surface area contributed by atoms with E-state index < -0.39 is 0 Å². The number of hydrogen-bond donors (Lipinski definition) is 2. The van der Waals surface area contributed by atoms with E-state index in [0.29, 0.717) is 0 Å². The van der Waals surface area contributed by atoms with Gasteiger partial charge in [-0.25, -0.2) is 0 Å². The largest absolute Gasteiger partial charge is 0.323 e. The predicted octanol–water partition coefficient (Wildman–Crippen LogP) is 1.44. The quantitative estimate of drug-likeness (QED) is 0.835. The molecule has 1 aliphatic heterocycles. The Morgan fingerprint density at radius 1 is 0.609 bits per heavy atom. The summed E-state index contributed by atoms with van der Waals surface area (Å²) < 4.78 is 0. The molecule has 23 heavy (non-hydrogen) atoms. The van der Waals surface area contributed by atoms with Crippen LogP contribution in [-0.2, 0) is 0 Å². The van der Waals surface area contributed by atoms with Gasteiger partial charge in [-0.15, -0.1) is 0 Å². The number of benzene rings is 1. The third-order valence-corrected chi connectivity index (χ3v) is 7.04. The summed E-state index contributed by atoms with van der Waals surface area (Å²) in [5.41, 5.74) is 1.58. The highest BCUT2D eigenvalue weighted by molar-refractivity contribution is 5.19. The van der Waals surface area contributed by atoms with Crippen molar-refractivity contribution >= 4 is 0 Å². The van der Waals surface area contributed by atoms with E-state index in [4.69, 9.17) is 0 Å². The van der Waals surface area contributed by atoms with Gasteiger partial charge in [0.15, 0.2) is 0 Å². The number of hydrogen-bond acceptors (Lipinski definition) is 0. The zero-order valence-electron chi connectivity index (χ0n) is 14.6. The molecule has 3 aliphatic rings. The van der Waals surface area contributed by atoms with E-state index in [0.717, 1.165) is 18.0 Å². The van der Waals surface area contributed by atoms with Gasteiger partial charge in [0.1, 0.15) is 26.2 Å². The van der Waals surface area contributed by atoms with E-state index in [1.165, 1.54) is 77.5 Å². The van der Waals surface area contributed by atoms with Crippen LogP contribution in [0.1, 0.15) is 62.8 Å². The zero-order chi connectivity index (χ0) is 15.5. The van der Waals surface area contributed by atoms with Gasteiger partial charge in [0.05, 0.1) is 12.1 Å². The number of quaternary nitrogens is 2. The van der Waals surface area contributed by atoms with E-state index >= 15 is 0 Å². The Hall–Kier alpha value is -0.860. The molecule has 4 rings (SSSR count). The highest BCUT2D eigenvalue weighted by Gasteiger charge is 2.35. The Morgan fingerprint density at radius 2 is 1.13 bits per heavy atom. The summed E-state index contributed by atoms with van der Waals surface area (Å²) >= 11 is 0. The fourth-order valence-electron chi connectivity index (χ4n) is 5.60. The molecule has 1 aromatic carbocycles. The van der Waals surface area contributed by atoms with Gasteiger partial charge < -0.3 is 9.80 Å². The first-order valence-electron chi connectivity index (χ1n) is 10.1. The molecule has 2 saturated carbocycles. The summed E-state index contributed by atoms with van der Waals surface area (Å²) in [5.74, 6) is 0.831. The van der Waals surface area contributed by atoms with Crippen molar-refractivity contribution < 1.29 is 9.80 Å². The summed E-state index contributed by atoms with van der Waals surface area (Å²) in [6.07, 6.45) is 11.7. The predicted molar refractivity (Wildman–Crippen MR) is 95.1 cm³/mol. The molecule has 2 aliphatic carbocycles. The van der Waals surface area contributed by atoms with Crippen LogP contribution in [0.25, 0.3) is 0 Å². The van der Waals surface area contributed by atoms with E-state index in [1.807, 2.05) is 9.80 Å². The van der Waals surface area contributed by atoms with Crippen molar-refractivity contribution in [3.8, 4) is 0 Å². The minimum Gasteiger partial charge on any atom is -0.323 e. The van der Waals surface area contributed by atoms with Crippen LogP contribution in [0, 0.1) is 0 Å². The Labute approximate surface area is 141 Å². The van der Waals surface area contributed by atoms with Gasteiger partial charge in [-0.05, 0) is 62.8 Å². The smallest absolute Gasteiger partial charge is 0.127 e. The summed E-state index contributed by atoms with van der Waals surface area (Å²) in [7, 11) is 0. The molecule has 2 N–H and O–H groups in total. The van der Waals surface area contributed by atoms with Crippen LogP contribution in [0.3, 0.4) is 0 Å². The first kappa shape index (κ1) is 15.7. The lowest BCUT2D eigenvalue weighted by Gasteiger charge is -2.39. The first-order chi connectivity index (χ1) is 11.4. The normalized spacial score (nSPS) is 36.2. The number of rotatable bonds is 3. The molecule has 1 heterocycles. The van der Waals surface area contributed by atoms with Gasteiger partial charge in [0.2, 0.25) is 0 Å². The molecule has 0 spiro atoms. The van der Waals surface area contributed by atoms with Crippen molar-refractivity contribution in [2.75, 3.05) is 26.2 Å². The molecule has 0 aromatic heterocycles. The van der Waals surface area contributed by atoms with Gasteiger partial charge in [-0.1, -0.05) is 30.3 Å². The van der Waals surface area contributed by atoms with E-state index in [-0.39, 0.29) is 0 Å². The fraction of sp³-hybridized carbons (Fsp3) is 0.714. The molecule has 2 nitrogen and oxygen atoms in total. The Balaban J connectivity index is 1.25. The summed E-state index contributed by atoms with van der Waals surface area (Å²) in [4.78, 5) is 3.89. The van der Waals surface area contributed by atoms with Gasteiger partial charge in [0.25, 0.3) is 0 Å². The van der Waals surface area contributed by atoms with Gasteiger partial charge >= 0.3 is 0 Å². The first-order valence-corrected chi connectivity index (χ1v) is 10.1. The third kappa shape index (κ3) is 3.64. The van der Waals surface area contributed by atoms with E-state index in [9.17, 15) is 0 Å². The van der Waals surface area contributed by atoms with E-state index in [2.05, 4.69) is 30.3 Å². The summed E-state index contributed by atoms with van der Waals surface area (Å²) in [5, 5.41) is 0. The molecular weight excluding hydrogens is 280 g/mol. The lowest BCUT2D eigenvalue weighted by Crippen LogP contribution is -3.31. The topological polar surface area (TPSA) is 8.88 Å². The van der Waals surface area contributed by atoms with Crippen LogP contribution in [0.2, 0.25) is 0 Å². The standard InChI is InChI=1S/C21H32N2/c1-2-6-18(7-3-1)19-10-12-21(13-11-19)23-16-14-22(15-17-23)20-8-4-5-9-20/h1-3,6-7,19-21H,4-5,8-17H2/p+2. The average molecular weight is 315 g/mol. The van der Waals surface area contributed by atoms with Crippen LogP contribution in [0.5, 0.6) is 0 Å². The second-order valence-electron chi connectivity index (χ2n) is 8.26. The minimum atomic E-state index is 0.831. The van der Waals surface area contributed by atoms with Crippen LogP contribution in [-0.4, -0.2) is 38.3 Å². The molecule has 1 aromatic rings. The average Bonchev–Trinajstić information content (AvgIpc) is 3.18. The van der Waals surface area contributed by atoms with Crippen LogP contribution in [0.4, 0.5) is 0 Å². The third-order valence-electron chi connectivity index (χ3n) is 7.04. The molecule has 0 bridgehead atoms. The Bertz CT molecular complexity index is 464. The van der Waals surface area contributed by atoms with Gasteiger partial charge in [-0.2, -0.15) is 0 Å². The van der Waals surface area contributed by atoms with Gasteiger partial charge in [0, 0.05) is 0 Å². The highest BCUT2D eigenvalue weighted by atomic mass is 15.3. The van der Waals surface area contributed by atoms with Crippen LogP contribution < -0.4 is 9.80 Å². The SMILES string of the molecule is c1ccc(C2CCC([NH+]3CC[NH+](C4CCCC4)CC3)CC2)cc1. The fourth-order valence-corrected chi connectivity index (χ4v) is 5.60. The van der Waals surface area contributed by atoms with Crippen molar-refractivity contribution in [1.29, 1.82) is 0 Å². The maximum absolute atomic E-state index is 2.33. The maximum atomic E-state index is 2.33. The van der Waals surface area contributed by atoms with Crippen molar-refractivity contribution in [2.45, 2.75) is 69.4 Å². The van der Waals surface area contributed by atoms with Crippen LogP contribution >= 0.6 is 0 Å². The van der Waals surface area contributed by atoms with Gasteiger partial charge in [-0.3, -0.25) is 0 Å². The van der Waals surface area contributed by atoms with Crippen molar-refractivity contribution in [1.82, 2.24) is 0 Å².